The molecule has 1 unspecified atom stereocenters. The molecule has 0 aliphatic carbocycles. The van der Waals surface area contributed by atoms with Crippen molar-refractivity contribution in [3.05, 3.63) is 84.6 Å². The number of nitrogens with one attached hydrogen (secondary N) is 1. The van der Waals surface area contributed by atoms with Gasteiger partial charge in [-0.05, 0) is 68.3 Å². The minimum Gasteiger partial charge on any atom is -0.457 e. The fourth-order valence-corrected chi connectivity index (χ4v) is 3.91. The van der Waals surface area contributed by atoms with Crippen molar-refractivity contribution in [1.29, 1.82) is 0 Å². The van der Waals surface area contributed by atoms with Gasteiger partial charge < -0.3 is 25.4 Å². The summed E-state index contributed by atoms with van der Waals surface area (Å²) in [5.74, 6) is 1.28. The Bertz CT molecular complexity index is 1200. The van der Waals surface area contributed by atoms with Crippen LogP contribution in [0.1, 0.15) is 30.1 Å². The summed E-state index contributed by atoms with van der Waals surface area (Å²) in [5, 5.41) is 3.01. The van der Waals surface area contributed by atoms with Crippen molar-refractivity contribution >= 4 is 17.5 Å². The van der Waals surface area contributed by atoms with Crippen molar-refractivity contribution in [2.24, 2.45) is 5.73 Å². The molecular weight excluding hydrogens is 444 g/mol. The minimum absolute atomic E-state index is 0.0111. The van der Waals surface area contributed by atoms with Gasteiger partial charge in [0, 0.05) is 19.1 Å². The zero-order valence-electron chi connectivity index (χ0n) is 19.5. The molecule has 0 radical (unpaired) electrons. The van der Waals surface area contributed by atoms with Crippen LogP contribution in [0, 0.1) is 0 Å². The second-order valence-electron chi connectivity index (χ2n) is 8.19. The van der Waals surface area contributed by atoms with Gasteiger partial charge in [-0.2, -0.15) is 0 Å². The Morgan fingerprint density at radius 1 is 1.06 bits per heavy atom. The maximum atomic E-state index is 12.2. The molecule has 180 valence electrons. The van der Waals surface area contributed by atoms with Crippen molar-refractivity contribution in [1.82, 2.24) is 10.3 Å². The number of aromatic nitrogens is 1. The molecule has 35 heavy (non-hydrogen) atoms. The second-order valence-corrected chi connectivity index (χ2v) is 8.19. The summed E-state index contributed by atoms with van der Waals surface area (Å²) < 4.78 is 11.7. The number of pyridine rings is 1. The highest BCUT2D eigenvalue weighted by atomic mass is 16.5. The fraction of sp³-hybridized carbons (Fsp3) is 0.222. The largest absolute Gasteiger partial charge is 0.457 e. The first-order chi connectivity index (χ1) is 17.0. The van der Waals surface area contributed by atoms with E-state index in [1.807, 2.05) is 30.3 Å². The van der Waals surface area contributed by atoms with Crippen molar-refractivity contribution in [2.45, 2.75) is 25.8 Å². The zero-order chi connectivity index (χ0) is 24.6. The molecule has 3 aromatic rings. The van der Waals surface area contributed by atoms with E-state index in [-0.39, 0.29) is 23.4 Å². The van der Waals surface area contributed by atoms with E-state index in [2.05, 4.69) is 15.2 Å². The van der Waals surface area contributed by atoms with E-state index in [1.54, 1.807) is 49.5 Å². The summed E-state index contributed by atoms with van der Waals surface area (Å²) in [5.41, 5.74) is 6.58. The van der Waals surface area contributed by atoms with Crippen LogP contribution in [0.5, 0.6) is 23.1 Å². The predicted molar refractivity (Wildman–Crippen MR) is 134 cm³/mol. The molecule has 3 N–H and O–H groups in total. The highest BCUT2D eigenvalue weighted by Crippen LogP contribution is 2.30. The molecule has 1 fully saturated rings. The highest BCUT2D eigenvalue weighted by Gasteiger charge is 2.23. The predicted octanol–water partition coefficient (Wildman–Crippen LogP) is 4.43. The Morgan fingerprint density at radius 3 is 2.43 bits per heavy atom. The summed E-state index contributed by atoms with van der Waals surface area (Å²) >= 11 is 0. The Balaban J connectivity index is 1.46. The Kier molecular flexibility index (Phi) is 7.62. The van der Waals surface area contributed by atoms with Gasteiger partial charge in [0.2, 0.25) is 11.8 Å². The van der Waals surface area contributed by atoms with Crippen LogP contribution in [-0.2, 0) is 4.79 Å². The van der Waals surface area contributed by atoms with Crippen LogP contribution in [0.4, 0.5) is 5.69 Å². The van der Waals surface area contributed by atoms with Crippen LogP contribution in [0.25, 0.3) is 0 Å². The van der Waals surface area contributed by atoms with Crippen LogP contribution in [-0.4, -0.2) is 35.9 Å². The number of piperidine rings is 1. The van der Waals surface area contributed by atoms with Crippen LogP contribution in [0.15, 0.2) is 79.0 Å². The number of ether oxygens (including phenoxy) is 2. The van der Waals surface area contributed by atoms with Crippen LogP contribution >= 0.6 is 0 Å². The summed E-state index contributed by atoms with van der Waals surface area (Å²) in [6, 6.07) is 18.2. The van der Waals surface area contributed by atoms with Gasteiger partial charge in [-0.3, -0.25) is 9.59 Å². The lowest BCUT2D eigenvalue weighted by Crippen LogP contribution is -2.47. The molecule has 2 heterocycles. The van der Waals surface area contributed by atoms with Gasteiger partial charge in [0.05, 0.1) is 11.9 Å². The normalized spacial score (nSPS) is 15.6. The molecule has 8 heteroatoms. The Labute approximate surface area is 204 Å². The van der Waals surface area contributed by atoms with Crippen LogP contribution < -0.4 is 25.4 Å². The number of rotatable bonds is 8. The van der Waals surface area contributed by atoms with Gasteiger partial charge >= 0.3 is 0 Å². The van der Waals surface area contributed by atoms with Crippen molar-refractivity contribution in [2.75, 3.05) is 18.0 Å². The number of carbonyl (C=O) groups is 2. The Morgan fingerprint density at radius 2 is 1.74 bits per heavy atom. The summed E-state index contributed by atoms with van der Waals surface area (Å²) in [6.07, 6.45) is 6.67. The first-order valence-electron chi connectivity index (χ1n) is 11.5. The van der Waals surface area contributed by atoms with E-state index in [0.29, 0.717) is 18.0 Å². The minimum atomic E-state index is -0.631. The number of hydrogen-bond donors (Lipinski definition) is 2. The number of primary amides is 1. The maximum Gasteiger partial charge on any atom is 0.254 e. The fourth-order valence-electron chi connectivity index (χ4n) is 3.91. The topological polar surface area (TPSA) is 107 Å². The molecular formula is C27H28N4O4. The number of amides is 2. The van der Waals surface area contributed by atoms with Crippen molar-refractivity contribution in [3.63, 3.8) is 0 Å². The van der Waals surface area contributed by atoms with Crippen LogP contribution in [0.2, 0.25) is 0 Å². The second kappa shape index (κ2) is 11.2. The molecule has 4 rings (SSSR count). The molecule has 2 amide bonds. The van der Waals surface area contributed by atoms with Gasteiger partial charge in [0.25, 0.3) is 5.91 Å². The quantitative estimate of drug-likeness (QED) is 0.470. The number of carbonyl (C=O) groups excluding carboxylic acids is 2. The van der Waals surface area contributed by atoms with Crippen LogP contribution in [0.3, 0.4) is 0 Å². The van der Waals surface area contributed by atoms with Gasteiger partial charge in [0.1, 0.15) is 22.8 Å². The Hall–Kier alpha value is -4.33. The molecule has 1 saturated heterocycles. The summed E-state index contributed by atoms with van der Waals surface area (Å²) in [7, 11) is 0. The van der Waals surface area contributed by atoms with E-state index < -0.39 is 5.91 Å². The molecule has 2 aromatic carbocycles. The van der Waals surface area contributed by atoms with E-state index in [4.69, 9.17) is 15.2 Å². The molecule has 0 saturated carbocycles. The van der Waals surface area contributed by atoms with Gasteiger partial charge in [-0.25, -0.2) is 4.98 Å². The monoisotopic (exact) mass is 472 g/mol. The number of benzene rings is 2. The lowest BCUT2D eigenvalue weighted by Gasteiger charge is -2.34. The van der Waals surface area contributed by atoms with E-state index in [1.165, 1.54) is 6.08 Å². The molecule has 0 bridgehead atoms. The number of nitrogens with two attached hydrogens (primary N) is 1. The smallest absolute Gasteiger partial charge is 0.254 e. The van der Waals surface area contributed by atoms with Crippen molar-refractivity contribution in [3.8, 4) is 23.1 Å². The lowest BCUT2D eigenvalue weighted by atomic mass is 10.0. The number of anilines is 1. The lowest BCUT2D eigenvalue weighted by molar-refractivity contribution is -0.117. The molecule has 1 aliphatic rings. The number of nitrogens with zero attached hydrogens (tertiary/aromatic N) is 2. The molecule has 0 spiro atoms. The third-order valence-corrected chi connectivity index (χ3v) is 5.57. The highest BCUT2D eigenvalue weighted by molar-refractivity contribution is 5.96. The zero-order valence-corrected chi connectivity index (χ0v) is 19.5. The average molecular weight is 473 g/mol. The first kappa shape index (κ1) is 23.8. The third-order valence-electron chi connectivity index (χ3n) is 5.57. The number of allylic oxidation sites excluding steroid dienone is 1. The summed E-state index contributed by atoms with van der Waals surface area (Å²) in [6.45, 7) is 3.21. The van der Waals surface area contributed by atoms with Gasteiger partial charge in [0.15, 0.2) is 0 Å². The summed E-state index contributed by atoms with van der Waals surface area (Å²) in [4.78, 5) is 30.6. The maximum absolute atomic E-state index is 12.2. The van der Waals surface area contributed by atoms with E-state index in [9.17, 15) is 9.59 Å². The first-order valence-corrected chi connectivity index (χ1v) is 11.5. The number of para-hydroxylation sites is 1. The third kappa shape index (κ3) is 6.38. The number of hydrogen-bond acceptors (Lipinski definition) is 6. The standard InChI is InChI=1S/C27H28N4O4/c1-2-7-25(32)30-19-8-6-15-31(18-19)20-16-24(26(28)33)27(29-17-20)35-23-13-11-22(12-14-23)34-21-9-4-3-5-10-21/h2-5,7,9-14,16-17,19H,6,8,15,18H2,1H3,(H2,28,33)(H,30,32). The van der Waals surface area contributed by atoms with E-state index >= 15 is 0 Å². The average Bonchev–Trinajstić information content (AvgIpc) is 2.86. The SMILES string of the molecule is CC=CC(=O)NC1CCCN(c2cnc(Oc3ccc(Oc4ccccc4)cc3)c(C(N)=O)c2)C1. The van der Waals surface area contributed by atoms with Crippen molar-refractivity contribution < 1.29 is 19.1 Å². The molecule has 1 atom stereocenters. The molecule has 8 nitrogen and oxygen atoms in total. The molecule has 1 aliphatic heterocycles. The van der Waals surface area contributed by atoms with Gasteiger partial charge in [-0.1, -0.05) is 24.3 Å². The van der Waals surface area contributed by atoms with E-state index in [0.717, 1.165) is 30.8 Å². The molecule has 1 aromatic heterocycles. The van der Waals surface area contributed by atoms with Gasteiger partial charge in [-0.15, -0.1) is 0 Å².